The quantitative estimate of drug-likeness (QED) is 0.185. The Balaban J connectivity index is 0.00000272. The number of aromatic hydroxyl groups is 1. The van der Waals surface area contributed by atoms with Crippen LogP contribution >= 0.6 is 0 Å². The Morgan fingerprint density at radius 2 is 1.24 bits per heavy atom. The van der Waals surface area contributed by atoms with Gasteiger partial charge in [-0.1, -0.05) is 6.07 Å². The predicted octanol–water partition coefficient (Wildman–Crippen LogP) is -3.98. The minimum Gasteiger partial charge on any atom is -0.744 e. The van der Waals surface area contributed by atoms with Crippen molar-refractivity contribution >= 4 is 52.5 Å². The standard InChI is InChI=1S/C16H12N2O10S3.2Na/c19-13-7-5-12-11(6-8-14(30(23,24)25)16(12)31(26,27)28)15(13)18-17-9-1-3-10(4-2-9)29(20,21)22;;/h1-8,19H,(H,20,21,22)(H,23,24,25)(H,26,27,28);;/q;2*+1/p-2. The van der Waals surface area contributed by atoms with Crippen molar-refractivity contribution in [2.24, 2.45) is 10.2 Å². The van der Waals surface area contributed by atoms with E-state index in [2.05, 4.69) is 10.2 Å². The van der Waals surface area contributed by atoms with Crippen molar-refractivity contribution in [3.05, 3.63) is 48.5 Å². The Labute approximate surface area is 232 Å². The SMILES string of the molecule is O=S(=O)([O-])c1ccc2c(N=Nc3ccc(S(=O)(=O)O)cc3)c(O)ccc2c1S(=O)(=O)[O-].[Na+].[Na+]. The van der Waals surface area contributed by atoms with Crippen molar-refractivity contribution in [3.8, 4) is 5.75 Å². The maximum Gasteiger partial charge on any atom is 1.00 e. The van der Waals surface area contributed by atoms with Crippen molar-refractivity contribution in [1.29, 1.82) is 0 Å². The van der Waals surface area contributed by atoms with Crippen LogP contribution in [0.2, 0.25) is 0 Å². The maximum atomic E-state index is 11.7. The van der Waals surface area contributed by atoms with Crippen LogP contribution in [0.5, 0.6) is 5.75 Å². The number of fused-ring (bicyclic) bond motifs is 1. The average Bonchev–Trinajstić information content (AvgIpc) is 2.64. The van der Waals surface area contributed by atoms with Crippen molar-refractivity contribution < 1.29 is 103 Å². The second kappa shape index (κ2) is 10.8. The molecular formula is C16H10N2Na2O10S3. The summed E-state index contributed by atoms with van der Waals surface area (Å²) < 4.78 is 100. The van der Waals surface area contributed by atoms with Gasteiger partial charge in [0.25, 0.3) is 10.1 Å². The molecule has 0 atom stereocenters. The molecule has 2 N–H and O–H groups in total. The Bertz CT molecular complexity index is 1550. The summed E-state index contributed by atoms with van der Waals surface area (Å²) in [6.07, 6.45) is 0. The van der Waals surface area contributed by atoms with Gasteiger partial charge in [-0.3, -0.25) is 4.55 Å². The van der Waals surface area contributed by atoms with Crippen LogP contribution < -0.4 is 59.1 Å². The van der Waals surface area contributed by atoms with Crippen molar-refractivity contribution in [1.82, 2.24) is 0 Å². The Morgan fingerprint density at radius 3 is 1.73 bits per heavy atom. The number of benzene rings is 3. The van der Waals surface area contributed by atoms with Crippen LogP contribution in [0.4, 0.5) is 11.4 Å². The van der Waals surface area contributed by atoms with E-state index in [-0.39, 0.29) is 75.9 Å². The molecule has 0 bridgehead atoms. The number of nitrogens with zero attached hydrogens (tertiary/aromatic N) is 2. The van der Waals surface area contributed by atoms with Crippen molar-refractivity contribution in [2.45, 2.75) is 14.7 Å². The molecule has 0 spiro atoms. The third-order valence-electron chi connectivity index (χ3n) is 3.98. The predicted molar refractivity (Wildman–Crippen MR) is 102 cm³/mol. The monoisotopic (exact) mass is 532 g/mol. The van der Waals surface area contributed by atoms with Gasteiger partial charge in [0.15, 0.2) is 0 Å². The Kier molecular flexibility index (Phi) is 9.81. The first-order chi connectivity index (χ1) is 14.2. The van der Waals surface area contributed by atoms with Gasteiger partial charge in [0, 0.05) is 10.8 Å². The first-order valence-electron chi connectivity index (χ1n) is 7.89. The largest absolute Gasteiger partial charge is 1.00 e. The molecule has 164 valence electrons. The Hall–Kier alpha value is -0.950. The minimum atomic E-state index is -5.42. The summed E-state index contributed by atoms with van der Waals surface area (Å²) in [5.41, 5.74) is -0.282. The minimum absolute atomic E-state index is 0. The number of hydrogen-bond donors (Lipinski definition) is 2. The zero-order valence-electron chi connectivity index (χ0n) is 16.9. The Morgan fingerprint density at radius 1 is 0.697 bits per heavy atom. The second-order valence-corrected chi connectivity index (χ2v) is 10.1. The van der Waals surface area contributed by atoms with Crippen LogP contribution in [0.25, 0.3) is 10.8 Å². The van der Waals surface area contributed by atoms with Gasteiger partial charge in [-0.15, -0.1) is 5.11 Å². The molecule has 0 aliphatic carbocycles. The zero-order chi connectivity index (χ0) is 23.2. The molecule has 0 unspecified atom stereocenters. The molecule has 3 rings (SSSR count). The van der Waals surface area contributed by atoms with E-state index in [0.717, 1.165) is 30.3 Å². The fraction of sp³-hybridized carbons (Fsp3) is 0. The molecule has 0 saturated heterocycles. The second-order valence-electron chi connectivity index (χ2n) is 6.00. The summed E-state index contributed by atoms with van der Waals surface area (Å²) in [4.78, 5) is -2.94. The van der Waals surface area contributed by atoms with E-state index in [0.29, 0.717) is 6.07 Å². The van der Waals surface area contributed by atoms with Gasteiger partial charge in [0.1, 0.15) is 31.7 Å². The molecule has 3 aromatic rings. The molecule has 12 nitrogen and oxygen atoms in total. The number of phenolic OH excluding ortho intramolecular Hbond substituents is 1. The summed E-state index contributed by atoms with van der Waals surface area (Å²) in [5, 5.41) is 16.9. The van der Waals surface area contributed by atoms with Crippen LogP contribution in [0.15, 0.2) is 73.4 Å². The van der Waals surface area contributed by atoms with Crippen molar-refractivity contribution in [3.63, 3.8) is 0 Å². The molecule has 0 heterocycles. The molecular weight excluding hydrogens is 522 g/mol. The normalized spacial score (nSPS) is 12.3. The van der Waals surface area contributed by atoms with Gasteiger partial charge < -0.3 is 14.2 Å². The van der Waals surface area contributed by atoms with Gasteiger partial charge in [-0.05, 0) is 42.5 Å². The van der Waals surface area contributed by atoms with Crippen LogP contribution in [0.1, 0.15) is 0 Å². The van der Waals surface area contributed by atoms with Gasteiger partial charge in [0.2, 0.25) is 0 Å². The molecule has 3 aromatic carbocycles. The first kappa shape index (κ1) is 30.1. The zero-order valence-corrected chi connectivity index (χ0v) is 23.3. The van der Waals surface area contributed by atoms with Crippen LogP contribution in [0.3, 0.4) is 0 Å². The van der Waals surface area contributed by atoms with Crippen LogP contribution in [-0.2, 0) is 30.4 Å². The van der Waals surface area contributed by atoms with Gasteiger partial charge in [-0.2, -0.15) is 13.5 Å². The fourth-order valence-electron chi connectivity index (χ4n) is 2.68. The molecule has 0 amide bonds. The number of phenols is 1. The first-order valence-corrected chi connectivity index (χ1v) is 12.1. The molecule has 0 aliphatic rings. The third-order valence-corrected chi connectivity index (χ3v) is 6.80. The summed E-state index contributed by atoms with van der Waals surface area (Å²) in [7, 11) is -15.2. The summed E-state index contributed by atoms with van der Waals surface area (Å²) >= 11 is 0. The molecule has 17 heteroatoms. The number of rotatable bonds is 5. The number of hydrogen-bond acceptors (Lipinski definition) is 11. The molecule has 0 aromatic heterocycles. The van der Waals surface area contributed by atoms with Gasteiger partial charge in [-0.25, -0.2) is 16.8 Å². The van der Waals surface area contributed by atoms with E-state index >= 15 is 0 Å². The summed E-state index contributed by atoms with van der Waals surface area (Å²) in [5.74, 6) is -0.516. The average molecular weight is 532 g/mol. The van der Waals surface area contributed by atoms with E-state index in [9.17, 15) is 39.5 Å². The summed E-state index contributed by atoms with van der Waals surface area (Å²) in [6.45, 7) is 0. The van der Waals surface area contributed by atoms with E-state index in [1.165, 1.54) is 12.1 Å². The van der Waals surface area contributed by atoms with E-state index in [4.69, 9.17) is 4.55 Å². The summed E-state index contributed by atoms with van der Waals surface area (Å²) in [6, 6.07) is 7.84. The molecule has 0 aliphatic heterocycles. The molecule has 0 fully saturated rings. The molecule has 0 saturated carbocycles. The van der Waals surface area contributed by atoms with Gasteiger partial charge in [0.05, 0.1) is 20.4 Å². The maximum absolute atomic E-state index is 11.7. The van der Waals surface area contributed by atoms with E-state index in [1.54, 1.807) is 0 Å². The van der Waals surface area contributed by atoms with E-state index in [1.807, 2.05) is 0 Å². The van der Waals surface area contributed by atoms with E-state index < -0.39 is 56.2 Å². The molecule has 0 radical (unpaired) electrons. The van der Waals surface area contributed by atoms with Crippen LogP contribution in [0, 0.1) is 0 Å². The smallest absolute Gasteiger partial charge is 0.744 e. The fourth-order valence-corrected chi connectivity index (χ4v) is 5.11. The third kappa shape index (κ3) is 6.81. The number of azo groups is 1. The molecule has 33 heavy (non-hydrogen) atoms. The van der Waals surface area contributed by atoms with Crippen LogP contribution in [-0.4, -0.2) is 44.0 Å². The topological polar surface area (TPSA) is 214 Å². The van der Waals surface area contributed by atoms with Crippen molar-refractivity contribution in [2.75, 3.05) is 0 Å². The van der Waals surface area contributed by atoms with Gasteiger partial charge >= 0.3 is 59.1 Å².